The fourth-order valence-corrected chi connectivity index (χ4v) is 4.78. The molecule has 0 aliphatic carbocycles. The van der Waals surface area contributed by atoms with Crippen LogP contribution in [0.3, 0.4) is 0 Å². The zero-order chi connectivity index (χ0) is 22.2. The second-order valence-electron chi connectivity index (χ2n) is 7.66. The Morgan fingerprint density at radius 2 is 1.94 bits per heavy atom. The third-order valence-corrected chi connectivity index (χ3v) is 6.69. The van der Waals surface area contributed by atoms with E-state index >= 15 is 0 Å². The van der Waals surface area contributed by atoms with E-state index in [2.05, 4.69) is 14.9 Å². The number of piperazine rings is 1. The Bertz CT molecular complexity index is 1100. The first-order valence-corrected chi connectivity index (χ1v) is 11.3. The van der Waals surface area contributed by atoms with Crippen molar-refractivity contribution in [3.05, 3.63) is 34.9 Å². The van der Waals surface area contributed by atoms with Crippen LogP contribution in [-0.4, -0.2) is 90.7 Å². The Kier molecular flexibility index (Phi) is 5.51. The molecule has 3 aliphatic rings. The number of nitrogens with zero attached hydrogens (tertiary/aromatic N) is 5. The van der Waals surface area contributed by atoms with E-state index in [0.29, 0.717) is 47.7 Å². The van der Waals surface area contributed by atoms with Gasteiger partial charge in [0, 0.05) is 43.4 Å². The Hall–Kier alpha value is -3.05. The van der Waals surface area contributed by atoms with Gasteiger partial charge in [0.15, 0.2) is 11.4 Å². The van der Waals surface area contributed by atoms with Crippen molar-refractivity contribution in [3.63, 3.8) is 0 Å². The van der Waals surface area contributed by atoms with E-state index in [9.17, 15) is 9.59 Å². The molecule has 0 radical (unpaired) electrons. The van der Waals surface area contributed by atoms with Gasteiger partial charge in [-0.05, 0) is 25.2 Å². The number of thioether (sulfide) groups is 1. The first-order chi connectivity index (χ1) is 15.5. The van der Waals surface area contributed by atoms with E-state index < -0.39 is 12.3 Å². The number of pyridine rings is 2. The minimum absolute atomic E-state index is 0.220. The quantitative estimate of drug-likeness (QED) is 0.682. The lowest BCUT2D eigenvalue weighted by Gasteiger charge is -2.33. The number of likely N-dealkylation sites (N-methyl/N-ethyl adjacent to an activating group) is 1. The van der Waals surface area contributed by atoms with Crippen molar-refractivity contribution in [2.75, 3.05) is 57.6 Å². The van der Waals surface area contributed by atoms with Crippen LogP contribution in [0.25, 0.3) is 11.0 Å². The van der Waals surface area contributed by atoms with Crippen molar-refractivity contribution < 1.29 is 23.8 Å². The fraction of sp³-hybridized carbons (Fsp3) is 0.429. The highest BCUT2D eigenvalue weighted by Gasteiger charge is 2.47. The molecule has 0 N–H and O–H groups in total. The first kappa shape index (κ1) is 20.8. The molecule has 1 fully saturated rings. The van der Waals surface area contributed by atoms with Gasteiger partial charge >= 0.3 is 6.09 Å². The summed E-state index contributed by atoms with van der Waals surface area (Å²) in [6, 6.07) is 7.13. The summed E-state index contributed by atoms with van der Waals surface area (Å²) in [5, 5.41) is 0.801. The molecule has 1 saturated heterocycles. The maximum Gasteiger partial charge on any atom is 0.412 e. The van der Waals surface area contributed by atoms with Gasteiger partial charge in [-0.1, -0.05) is 0 Å². The lowest BCUT2D eigenvalue weighted by Crippen LogP contribution is -2.49. The Balaban J connectivity index is 1.47. The van der Waals surface area contributed by atoms with Crippen molar-refractivity contribution in [2.24, 2.45) is 0 Å². The van der Waals surface area contributed by atoms with Gasteiger partial charge in [-0.15, -0.1) is 11.8 Å². The predicted octanol–water partition coefficient (Wildman–Crippen LogP) is 1.67. The fourth-order valence-electron chi connectivity index (χ4n) is 3.82. The zero-order valence-corrected chi connectivity index (χ0v) is 18.6. The molecule has 0 spiro atoms. The number of methoxy groups -OCH3 is 1. The Morgan fingerprint density at radius 1 is 1.16 bits per heavy atom. The van der Waals surface area contributed by atoms with Crippen molar-refractivity contribution in [3.8, 4) is 5.88 Å². The van der Waals surface area contributed by atoms with Crippen LogP contribution >= 0.6 is 11.8 Å². The third-order valence-electron chi connectivity index (χ3n) is 5.62. The maximum absolute atomic E-state index is 13.2. The average molecular weight is 458 g/mol. The highest BCUT2D eigenvalue weighted by Crippen LogP contribution is 2.40. The molecule has 32 heavy (non-hydrogen) atoms. The molecule has 0 aromatic carbocycles. The van der Waals surface area contributed by atoms with Gasteiger partial charge in [-0.3, -0.25) is 4.79 Å². The number of ether oxygens (including phenoxy) is 3. The minimum Gasteiger partial charge on any atom is -0.486 e. The second-order valence-corrected chi connectivity index (χ2v) is 8.80. The SMILES string of the molecule is COc1ccc2ccc(N3C(=O)C4=C(SCCO4)C3OC(=O)N3CCN(C)CC3)nc2n1. The van der Waals surface area contributed by atoms with Crippen LogP contribution in [0.4, 0.5) is 10.6 Å². The molecule has 11 heteroatoms. The molecule has 2 aromatic heterocycles. The molecule has 5 rings (SSSR count). The zero-order valence-electron chi connectivity index (χ0n) is 17.8. The van der Waals surface area contributed by atoms with Crippen molar-refractivity contribution in [1.82, 2.24) is 19.8 Å². The summed E-state index contributed by atoms with van der Waals surface area (Å²) in [6.07, 6.45) is -1.38. The van der Waals surface area contributed by atoms with Gasteiger partial charge in [0.1, 0.15) is 5.82 Å². The summed E-state index contributed by atoms with van der Waals surface area (Å²) < 4.78 is 16.7. The molecule has 2 amide bonds. The number of amides is 2. The predicted molar refractivity (Wildman–Crippen MR) is 118 cm³/mol. The number of hydrogen-bond donors (Lipinski definition) is 0. The molecule has 1 unspecified atom stereocenters. The van der Waals surface area contributed by atoms with Gasteiger partial charge in [0.2, 0.25) is 12.1 Å². The lowest BCUT2D eigenvalue weighted by molar-refractivity contribution is -0.118. The summed E-state index contributed by atoms with van der Waals surface area (Å²) in [5.74, 6) is 1.27. The van der Waals surface area contributed by atoms with Gasteiger partial charge in [0.25, 0.3) is 5.91 Å². The standard InChI is InChI=1S/C21H23N5O5S/c1-24-7-9-25(10-8-24)21(28)31-20-17-16(30-11-12-32-17)19(27)26(20)14-5-3-13-4-6-15(29-2)23-18(13)22-14/h3-6,20H,7-12H2,1-2H3. The first-order valence-electron chi connectivity index (χ1n) is 10.3. The molecule has 2 aromatic rings. The molecular weight excluding hydrogens is 434 g/mol. The van der Waals surface area contributed by atoms with E-state index in [1.807, 2.05) is 19.2 Å². The van der Waals surface area contributed by atoms with Gasteiger partial charge in [-0.2, -0.15) is 4.98 Å². The number of anilines is 1. The maximum atomic E-state index is 13.2. The largest absolute Gasteiger partial charge is 0.486 e. The molecule has 10 nitrogen and oxygen atoms in total. The van der Waals surface area contributed by atoms with Gasteiger partial charge < -0.3 is 24.0 Å². The lowest BCUT2D eigenvalue weighted by atomic mass is 10.3. The van der Waals surface area contributed by atoms with Crippen LogP contribution in [-0.2, 0) is 14.3 Å². The normalized spacial score (nSPS) is 21.6. The molecule has 0 bridgehead atoms. The van der Waals surface area contributed by atoms with Crippen LogP contribution in [0.2, 0.25) is 0 Å². The number of hydrogen-bond acceptors (Lipinski definition) is 9. The Labute approximate surface area is 189 Å². The Morgan fingerprint density at radius 3 is 2.72 bits per heavy atom. The van der Waals surface area contributed by atoms with Crippen molar-refractivity contribution in [1.29, 1.82) is 0 Å². The monoisotopic (exact) mass is 457 g/mol. The highest BCUT2D eigenvalue weighted by atomic mass is 32.2. The molecule has 0 saturated carbocycles. The number of carbonyl (C=O) groups is 2. The van der Waals surface area contributed by atoms with E-state index in [4.69, 9.17) is 14.2 Å². The highest BCUT2D eigenvalue weighted by molar-refractivity contribution is 8.03. The minimum atomic E-state index is -0.925. The smallest absolute Gasteiger partial charge is 0.412 e. The molecular formula is C21H23N5O5S. The third kappa shape index (κ3) is 3.71. The van der Waals surface area contributed by atoms with Crippen LogP contribution in [0, 0.1) is 0 Å². The van der Waals surface area contributed by atoms with Gasteiger partial charge in [0.05, 0.1) is 18.6 Å². The van der Waals surface area contributed by atoms with Crippen LogP contribution in [0.1, 0.15) is 0 Å². The van der Waals surface area contributed by atoms with E-state index in [0.717, 1.165) is 18.5 Å². The van der Waals surface area contributed by atoms with Crippen molar-refractivity contribution in [2.45, 2.75) is 6.23 Å². The topological polar surface area (TPSA) is 97.3 Å². The summed E-state index contributed by atoms with van der Waals surface area (Å²) in [4.78, 5) is 40.9. The molecule has 1 atom stereocenters. The summed E-state index contributed by atoms with van der Waals surface area (Å²) >= 11 is 1.47. The average Bonchev–Trinajstić information content (AvgIpc) is 3.10. The van der Waals surface area contributed by atoms with E-state index in [1.54, 1.807) is 17.0 Å². The van der Waals surface area contributed by atoms with Crippen molar-refractivity contribution >= 4 is 40.6 Å². The summed E-state index contributed by atoms with van der Waals surface area (Å²) in [7, 11) is 3.55. The molecule has 168 valence electrons. The summed E-state index contributed by atoms with van der Waals surface area (Å²) in [5.41, 5.74) is 0.428. The van der Waals surface area contributed by atoms with Crippen LogP contribution in [0.15, 0.2) is 34.9 Å². The van der Waals surface area contributed by atoms with Gasteiger partial charge in [-0.25, -0.2) is 14.7 Å². The van der Waals surface area contributed by atoms with Crippen LogP contribution in [0.5, 0.6) is 5.88 Å². The summed E-state index contributed by atoms with van der Waals surface area (Å²) in [6.45, 7) is 3.11. The number of fused-ring (bicyclic) bond motifs is 1. The van der Waals surface area contributed by atoms with E-state index in [1.165, 1.54) is 23.8 Å². The second kappa shape index (κ2) is 8.47. The number of rotatable bonds is 3. The molecule has 5 heterocycles. The van der Waals surface area contributed by atoms with E-state index in [-0.39, 0.29) is 11.7 Å². The van der Waals surface area contributed by atoms with Crippen LogP contribution < -0.4 is 9.64 Å². The number of carbonyl (C=O) groups excluding carboxylic acids is 2. The molecule has 3 aliphatic heterocycles. The number of aromatic nitrogens is 2.